The molecule has 1 heterocycles. The Bertz CT molecular complexity index is 830. The van der Waals surface area contributed by atoms with Crippen LogP contribution >= 0.6 is 11.3 Å². The second-order valence-electron chi connectivity index (χ2n) is 5.56. The van der Waals surface area contributed by atoms with E-state index in [4.69, 9.17) is 4.74 Å². The summed E-state index contributed by atoms with van der Waals surface area (Å²) in [6, 6.07) is 6.84. The molecule has 0 radical (unpaired) electrons. The number of ether oxygens (including phenoxy) is 1. The van der Waals surface area contributed by atoms with Crippen molar-refractivity contribution in [1.82, 2.24) is 4.72 Å². The van der Waals surface area contributed by atoms with Crippen LogP contribution in [0.3, 0.4) is 0 Å². The van der Waals surface area contributed by atoms with Gasteiger partial charge in [-0.15, -0.1) is 11.3 Å². The van der Waals surface area contributed by atoms with Gasteiger partial charge >= 0.3 is 0 Å². The minimum absolute atomic E-state index is 0.0241. The second kappa shape index (κ2) is 7.46. The standard InChI is InChI=1S/C17H21NO4S2/c1-11-9-15(10-12(2)17(11)22-4)24(20,21)18-8-7-14-5-6-16(23-14)13(3)19/h5-6,9-10,18H,7-8H2,1-4H3. The molecule has 0 aliphatic heterocycles. The maximum absolute atomic E-state index is 12.4. The molecule has 0 unspecified atom stereocenters. The molecule has 1 aromatic carbocycles. The van der Waals surface area contributed by atoms with Crippen molar-refractivity contribution in [3.05, 3.63) is 45.1 Å². The van der Waals surface area contributed by atoms with Crippen LogP contribution in [0.2, 0.25) is 0 Å². The quantitative estimate of drug-likeness (QED) is 0.763. The number of benzene rings is 1. The van der Waals surface area contributed by atoms with Crippen molar-refractivity contribution in [3.8, 4) is 5.75 Å². The molecule has 1 aromatic heterocycles. The van der Waals surface area contributed by atoms with Crippen LogP contribution in [0.15, 0.2) is 29.2 Å². The van der Waals surface area contributed by atoms with E-state index >= 15 is 0 Å². The van der Waals surface area contributed by atoms with Crippen molar-refractivity contribution < 1.29 is 17.9 Å². The van der Waals surface area contributed by atoms with Gasteiger partial charge in [-0.3, -0.25) is 4.79 Å². The van der Waals surface area contributed by atoms with Crippen LogP contribution in [0.4, 0.5) is 0 Å². The Morgan fingerprint density at radius 3 is 2.33 bits per heavy atom. The van der Waals surface area contributed by atoms with E-state index < -0.39 is 10.0 Å². The van der Waals surface area contributed by atoms with Crippen LogP contribution in [0.1, 0.15) is 32.6 Å². The number of sulfonamides is 1. The molecule has 0 spiro atoms. The van der Waals surface area contributed by atoms with Gasteiger partial charge in [-0.1, -0.05) is 0 Å². The van der Waals surface area contributed by atoms with Gasteiger partial charge < -0.3 is 4.74 Å². The summed E-state index contributed by atoms with van der Waals surface area (Å²) in [7, 11) is -2.01. The number of rotatable bonds is 7. The topological polar surface area (TPSA) is 72.5 Å². The normalized spacial score (nSPS) is 11.5. The molecule has 0 fully saturated rings. The highest BCUT2D eigenvalue weighted by Gasteiger charge is 2.17. The lowest BCUT2D eigenvalue weighted by molar-refractivity contribution is 0.102. The van der Waals surface area contributed by atoms with E-state index in [0.717, 1.165) is 16.0 Å². The fraction of sp³-hybridized carbons (Fsp3) is 0.353. The zero-order valence-corrected chi connectivity index (χ0v) is 15.8. The molecule has 24 heavy (non-hydrogen) atoms. The van der Waals surface area contributed by atoms with Crippen LogP contribution in [0.25, 0.3) is 0 Å². The molecule has 0 bridgehead atoms. The van der Waals surface area contributed by atoms with Crippen LogP contribution in [-0.4, -0.2) is 27.9 Å². The van der Waals surface area contributed by atoms with Crippen molar-refractivity contribution in [2.75, 3.05) is 13.7 Å². The van der Waals surface area contributed by atoms with Gasteiger partial charge in [0, 0.05) is 11.4 Å². The van der Waals surface area contributed by atoms with Crippen molar-refractivity contribution in [3.63, 3.8) is 0 Å². The average Bonchev–Trinajstić information content (AvgIpc) is 2.96. The largest absolute Gasteiger partial charge is 0.496 e. The highest BCUT2D eigenvalue weighted by Crippen LogP contribution is 2.26. The number of ketones is 1. The first-order chi connectivity index (χ1) is 11.2. The maximum atomic E-state index is 12.4. The van der Waals surface area contributed by atoms with Gasteiger partial charge in [0.05, 0.1) is 16.9 Å². The first-order valence-electron chi connectivity index (χ1n) is 7.49. The summed E-state index contributed by atoms with van der Waals surface area (Å²) in [6.45, 7) is 5.44. The van der Waals surface area contributed by atoms with E-state index in [1.807, 2.05) is 19.9 Å². The molecule has 0 aliphatic rings. The maximum Gasteiger partial charge on any atom is 0.240 e. The monoisotopic (exact) mass is 367 g/mol. The first-order valence-corrected chi connectivity index (χ1v) is 9.79. The Balaban J connectivity index is 2.07. The lowest BCUT2D eigenvalue weighted by Gasteiger charge is -2.12. The van der Waals surface area contributed by atoms with E-state index in [1.165, 1.54) is 18.3 Å². The Labute approximate surface area is 146 Å². The van der Waals surface area contributed by atoms with Crippen LogP contribution < -0.4 is 9.46 Å². The van der Waals surface area contributed by atoms with E-state index in [1.54, 1.807) is 25.3 Å². The molecule has 2 rings (SSSR count). The van der Waals surface area contributed by atoms with Gasteiger partial charge in [0.15, 0.2) is 5.78 Å². The molecule has 0 saturated heterocycles. The Kier molecular flexibility index (Phi) is 5.79. The van der Waals surface area contributed by atoms with Crippen molar-refractivity contribution >= 4 is 27.1 Å². The van der Waals surface area contributed by atoms with E-state index in [-0.39, 0.29) is 17.2 Å². The molecule has 0 aliphatic carbocycles. The minimum Gasteiger partial charge on any atom is -0.496 e. The van der Waals surface area contributed by atoms with Crippen molar-refractivity contribution in [1.29, 1.82) is 0 Å². The highest BCUT2D eigenvalue weighted by molar-refractivity contribution is 7.89. The summed E-state index contributed by atoms with van der Waals surface area (Å²) in [5.41, 5.74) is 1.56. The minimum atomic E-state index is -3.58. The van der Waals surface area contributed by atoms with Gasteiger partial charge in [-0.2, -0.15) is 0 Å². The number of hydrogen-bond acceptors (Lipinski definition) is 5. The SMILES string of the molecule is COc1c(C)cc(S(=O)(=O)NCCc2ccc(C(C)=O)s2)cc1C. The van der Waals surface area contributed by atoms with E-state index in [2.05, 4.69) is 4.72 Å². The number of aryl methyl sites for hydroxylation is 2. The fourth-order valence-corrected chi connectivity index (χ4v) is 4.58. The summed E-state index contributed by atoms with van der Waals surface area (Å²) in [5, 5.41) is 0. The molecule has 7 heteroatoms. The summed E-state index contributed by atoms with van der Waals surface area (Å²) in [6.07, 6.45) is 0.547. The van der Waals surface area contributed by atoms with Gasteiger partial charge in [-0.25, -0.2) is 13.1 Å². The molecule has 1 N–H and O–H groups in total. The Morgan fingerprint density at radius 1 is 1.21 bits per heavy atom. The number of carbonyl (C=O) groups is 1. The van der Waals surface area contributed by atoms with Gasteiger partial charge in [-0.05, 0) is 62.6 Å². The molecule has 2 aromatic rings. The molecule has 0 atom stereocenters. The molecule has 0 saturated carbocycles. The predicted molar refractivity (Wildman–Crippen MR) is 95.7 cm³/mol. The summed E-state index contributed by atoms with van der Waals surface area (Å²) in [5.74, 6) is 0.723. The predicted octanol–water partition coefficient (Wildman–Crippen LogP) is 3.10. The number of thiophene rings is 1. The summed E-state index contributed by atoms with van der Waals surface area (Å²) in [4.78, 5) is 13.2. The molecular weight excluding hydrogens is 346 g/mol. The fourth-order valence-electron chi connectivity index (χ4n) is 2.48. The summed E-state index contributed by atoms with van der Waals surface area (Å²) < 4.78 is 32.7. The lowest BCUT2D eigenvalue weighted by atomic mass is 10.1. The van der Waals surface area contributed by atoms with Crippen molar-refractivity contribution in [2.45, 2.75) is 32.1 Å². The van der Waals surface area contributed by atoms with E-state index in [9.17, 15) is 13.2 Å². The number of nitrogens with one attached hydrogen (secondary N) is 1. The van der Waals surface area contributed by atoms with Crippen LogP contribution in [0.5, 0.6) is 5.75 Å². The van der Waals surface area contributed by atoms with Gasteiger partial charge in [0.2, 0.25) is 10.0 Å². The zero-order chi connectivity index (χ0) is 17.9. The van der Waals surface area contributed by atoms with Crippen molar-refractivity contribution in [2.24, 2.45) is 0 Å². The average molecular weight is 367 g/mol. The number of Topliss-reactive ketones (excluding diaryl/α,β-unsaturated/α-hetero) is 1. The lowest BCUT2D eigenvalue weighted by Crippen LogP contribution is -2.26. The number of methoxy groups -OCH3 is 1. The zero-order valence-electron chi connectivity index (χ0n) is 14.2. The van der Waals surface area contributed by atoms with Gasteiger partial charge in [0.25, 0.3) is 0 Å². The Hall–Kier alpha value is -1.70. The molecular formula is C17H21NO4S2. The third-order valence-corrected chi connectivity index (χ3v) is 6.31. The molecule has 130 valence electrons. The highest BCUT2D eigenvalue weighted by atomic mass is 32.2. The number of carbonyl (C=O) groups excluding carboxylic acids is 1. The van der Waals surface area contributed by atoms with E-state index in [0.29, 0.717) is 17.0 Å². The number of hydrogen-bond donors (Lipinski definition) is 1. The summed E-state index contributed by atoms with van der Waals surface area (Å²) >= 11 is 1.40. The third kappa shape index (κ3) is 4.23. The second-order valence-corrected chi connectivity index (χ2v) is 8.50. The van der Waals surface area contributed by atoms with Crippen LogP contribution in [0, 0.1) is 13.8 Å². The Morgan fingerprint density at radius 2 is 1.83 bits per heavy atom. The smallest absolute Gasteiger partial charge is 0.240 e. The van der Waals surface area contributed by atoms with Gasteiger partial charge in [0.1, 0.15) is 5.75 Å². The molecule has 0 amide bonds. The first kappa shape index (κ1) is 18.6. The molecule has 5 nitrogen and oxygen atoms in total. The van der Waals surface area contributed by atoms with Crippen LogP contribution in [-0.2, 0) is 16.4 Å². The third-order valence-electron chi connectivity index (χ3n) is 3.62.